The summed E-state index contributed by atoms with van der Waals surface area (Å²) < 4.78 is 47.5. The zero-order valence-electron chi connectivity index (χ0n) is 20.2. The lowest BCUT2D eigenvalue weighted by Gasteiger charge is -2.21. The van der Waals surface area contributed by atoms with Crippen molar-refractivity contribution in [2.75, 3.05) is 7.11 Å². The fraction of sp³-hybridized carbons (Fsp3) is 0.259. The first kappa shape index (κ1) is 25.5. The number of hydrogen-bond acceptors (Lipinski definition) is 4. The molecule has 2 aromatic heterocycles. The van der Waals surface area contributed by atoms with Gasteiger partial charge in [0.05, 0.1) is 23.1 Å². The molecule has 0 spiro atoms. The average molecular weight is 515 g/mol. The fourth-order valence-corrected chi connectivity index (χ4v) is 4.77. The summed E-state index contributed by atoms with van der Waals surface area (Å²) in [5.41, 5.74) is 1.80. The zero-order valence-corrected chi connectivity index (χ0v) is 21.0. The molecule has 2 aromatic carbocycles. The van der Waals surface area contributed by atoms with E-state index in [1.807, 2.05) is 30.5 Å². The number of aromatic nitrogens is 2. The van der Waals surface area contributed by atoms with Gasteiger partial charge in [-0.1, -0.05) is 31.2 Å². The molecule has 0 aliphatic rings. The molecule has 36 heavy (non-hydrogen) atoms. The van der Waals surface area contributed by atoms with Crippen LogP contribution in [0.4, 0.5) is 13.2 Å². The van der Waals surface area contributed by atoms with E-state index in [2.05, 4.69) is 5.10 Å². The normalized spacial score (nSPS) is 12.1. The van der Waals surface area contributed by atoms with Crippen LogP contribution in [0.2, 0.25) is 0 Å². The lowest BCUT2D eigenvalue weighted by atomic mass is 9.82. The number of thiophene rings is 1. The number of ether oxygens (including phenoxy) is 1. The van der Waals surface area contributed by atoms with E-state index >= 15 is 0 Å². The number of hydrogen-bond donors (Lipinski definition) is 1. The van der Waals surface area contributed by atoms with Crippen LogP contribution in [0.25, 0.3) is 27.4 Å². The predicted molar refractivity (Wildman–Crippen MR) is 134 cm³/mol. The third-order valence-corrected chi connectivity index (χ3v) is 7.11. The van der Waals surface area contributed by atoms with E-state index in [4.69, 9.17) is 4.74 Å². The fourth-order valence-electron chi connectivity index (χ4n) is 3.85. The maximum atomic E-state index is 13.6. The Bertz CT molecular complexity index is 1420. The average Bonchev–Trinajstić information content (AvgIpc) is 3.51. The molecule has 0 fully saturated rings. The molecule has 0 unspecified atom stereocenters. The summed E-state index contributed by atoms with van der Waals surface area (Å²) in [7, 11) is 1.45. The van der Waals surface area contributed by atoms with Crippen LogP contribution in [0.3, 0.4) is 0 Å². The van der Waals surface area contributed by atoms with E-state index in [1.165, 1.54) is 23.1 Å². The second kappa shape index (κ2) is 9.46. The van der Waals surface area contributed by atoms with E-state index in [1.54, 1.807) is 44.2 Å². The molecular weight excluding hydrogens is 489 g/mol. The van der Waals surface area contributed by atoms with Crippen LogP contribution in [-0.2, 0) is 22.8 Å². The predicted octanol–water partition coefficient (Wildman–Crippen LogP) is 7.22. The maximum Gasteiger partial charge on any atom is 0.435 e. The number of benzene rings is 2. The quantitative estimate of drug-likeness (QED) is 0.283. The second-order valence-corrected chi connectivity index (χ2v) is 9.81. The van der Waals surface area contributed by atoms with Gasteiger partial charge in [0.15, 0.2) is 5.69 Å². The maximum absolute atomic E-state index is 13.6. The lowest BCUT2D eigenvalue weighted by Crippen LogP contribution is -2.28. The van der Waals surface area contributed by atoms with Gasteiger partial charge in [-0.25, -0.2) is 4.68 Å². The standard InChI is InChI=1S/C27H25F3N2O3S/c1-5-16-10-17(12-19(11-16)26(2,3)25(33)34)18-13-23(36-15-18)21-14-24(27(28,29)30)31-32(21)20-8-6-7-9-22(20)35-4/h6-15H,5H2,1-4H3,(H,33,34). The van der Waals surface area contributed by atoms with Crippen molar-refractivity contribution in [3.8, 4) is 33.1 Å². The smallest absolute Gasteiger partial charge is 0.435 e. The number of alkyl halides is 3. The first-order valence-corrected chi connectivity index (χ1v) is 12.1. The van der Waals surface area contributed by atoms with Gasteiger partial charge >= 0.3 is 12.1 Å². The van der Waals surface area contributed by atoms with Gasteiger partial charge < -0.3 is 9.84 Å². The molecule has 0 amide bonds. The Morgan fingerprint density at radius 1 is 1.08 bits per heavy atom. The van der Waals surface area contributed by atoms with E-state index in [9.17, 15) is 23.1 Å². The molecule has 0 radical (unpaired) electrons. The Morgan fingerprint density at radius 3 is 2.44 bits per heavy atom. The minimum Gasteiger partial charge on any atom is -0.494 e. The van der Waals surface area contributed by atoms with Crippen LogP contribution in [0, 0.1) is 0 Å². The summed E-state index contributed by atoms with van der Waals surface area (Å²) in [6.45, 7) is 5.29. The lowest BCUT2D eigenvalue weighted by molar-refractivity contribution is -0.142. The number of aryl methyl sites for hydroxylation is 1. The summed E-state index contributed by atoms with van der Waals surface area (Å²) in [4.78, 5) is 12.4. The number of rotatable bonds is 7. The number of carbonyl (C=O) groups is 1. The molecule has 5 nitrogen and oxygen atoms in total. The van der Waals surface area contributed by atoms with Gasteiger partial charge in [-0.3, -0.25) is 4.79 Å². The highest BCUT2D eigenvalue weighted by Crippen LogP contribution is 2.40. The first-order chi connectivity index (χ1) is 17.0. The van der Waals surface area contributed by atoms with Crippen molar-refractivity contribution in [3.05, 3.63) is 76.8 Å². The monoisotopic (exact) mass is 514 g/mol. The Balaban J connectivity index is 1.86. The van der Waals surface area contributed by atoms with E-state index in [-0.39, 0.29) is 5.69 Å². The molecule has 0 atom stereocenters. The molecule has 0 saturated heterocycles. The van der Waals surface area contributed by atoms with E-state index in [0.717, 1.165) is 22.8 Å². The molecule has 2 heterocycles. The van der Waals surface area contributed by atoms with Crippen LogP contribution in [-0.4, -0.2) is 28.0 Å². The number of carboxylic acid groups (broad SMARTS) is 1. The Morgan fingerprint density at radius 2 is 1.81 bits per heavy atom. The summed E-state index contributed by atoms with van der Waals surface area (Å²) >= 11 is 1.29. The van der Waals surface area contributed by atoms with Crippen molar-refractivity contribution >= 4 is 17.3 Å². The Labute approximate surface area is 210 Å². The van der Waals surface area contributed by atoms with Crippen LogP contribution in [0.5, 0.6) is 5.75 Å². The van der Waals surface area contributed by atoms with Gasteiger partial charge in [0.1, 0.15) is 11.4 Å². The highest BCUT2D eigenvalue weighted by molar-refractivity contribution is 7.14. The number of methoxy groups -OCH3 is 1. The van der Waals surface area contributed by atoms with Crippen LogP contribution >= 0.6 is 11.3 Å². The van der Waals surface area contributed by atoms with Gasteiger partial charge in [-0.15, -0.1) is 11.3 Å². The SMILES string of the molecule is CCc1cc(-c2csc(-c3cc(C(F)(F)F)nn3-c3ccccc3OC)c2)cc(C(C)(C)C(=O)O)c1. The molecule has 4 aromatic rings. The third kappa shape index (κ3) is 4.75. The molecular formula is C27H25F3N2O3S. The number of halogens is 3. The van der Waals surface area contributed by atoms with Crippen LogP contribution in [0.1, 0.15) is 37.6 Å². The highest BCUT2D eigenvalue weighted by atomic mass is 32.1. The number of aliphatic carboxylic acids is 1. The van der Waals surface area contributed by atoms with Crippen molar-refractivity contribution in [2.24, 2.45) is 0 Å². The number of nitrogens with zero attached hydrogens (tertiary/aromatic N) is 2. The second-order valence-electron chi connectivity index (χ2n) is 8.90. The zero-order chi connectivity index (χ0) is 26.3. The van der Waals surface area contributed by atoms with Gasteiger partial charge in [0.25, 0.3) is 0 Å². The van der Waals surface area contributed by atoms with Crippen molar-refractivity contribution in [1.82, 2.24) is 9.78 Å². The van der Waals surface area contributed by atoms with Crippen molar-refractivity contribution in [1.29, 1.82) is 0 Å². The molecule has 1 N–H and O–H groups in total. The summed E-state index contributed by atoms with van der Waals surface area (Å²) in [5.74, 6) is -0.545. The van der Waals surface area contributed by atoms with Crippen molar-refractivity contribution in [2.45, 2.75) is 38.8 Å². The van der Waals surface area contributed by atoms with Crippen molar-refractivity contribution < 1.29 is 27.8 Å². The summed E-state index contributed by atoms with van der Waals surface area (Å²) in [5, 5.41) is 15.4. The molecule has 0 bridgehead atoms. The number of para-hydroxylation sites is 2. The van der Waals surface area contributed by atoms with Gasteiger partial charge in [0.2, 0.25) is 0 Å². The van der Waals surface area contributed by atoms with Gasteiger partial charge in [0, 0.05) is 0 Å². The molecule has 0 aliphatic heterocycles. The number of carboxylic acids is 1. The van der Waals surface area contributed by atoms with Crippen molar-refractivity contribution in [3.63, 3.8) is 0 Å². The molecule has 9 heteroatoms. The third-order valence-electron chi connectivity index (χ3n) is 6.16. The van der Waals surface area contributed by atoms with Crippen LogP contribution < -0.4 is 4.74 Å². The summed E-state index contributed by atoms with van der Waals surface area (Å²) in [6, 6.07) is 15.3. The topological polar surface area (TPSA) is 64.4 Å². The van der Waals surface area contributed by atoms with E-state index in [0.29, 0.717) is 28.3 Å². The Hall–Kier alpha value is -3.59. The summed E-state index contributed by atoms with van der Waals surface area (Å²) in [6.07, 6.45) is -3.90. The molecule has 188 valence electrons. The molecule has 0 saturated carbocycles. The molecule has 4 rings (SSSR count). The van der Waals surface area contributed by atoms with E-state index < -0.39 is 23.3 Å². The Kier molecular flexibility index (Phi) is 6.70. The molecule has 0 aliphatic carbocycles. The van der Waals surface area contributed by atoms with Crippen LogP contribution in [0.15, 0.2) is 60.0 Å². The van der Waals surface area contributed by atoms with Gasteiger partial charge in [-0.05, 0) is 78.2 Å². The minimum absolute atomic E-state index is 0.279. The minimum atomic E-state index is -4.62. The van der Waals surface area contributed by atoms with Gasteiger partial charge in [-0.2, -0.15) is 18.3 Å². The largest absolute Gasteiger partial charge is 0.494 e. The highest BCUT2D eigenvalue weighted by Gasteiger charge is 2.36. The first-order valence-electron chi connectivity index (χ1n) is 11.2.